The van der Waals surface area contributed by atoms with Crippen LogP contribution < -0.4 is 10.5 Å². The molecule has 0 radical (unpaired) electrons. The number of rotatable bonds is 7. The average molecular weight is 384 g/mol. The molecule has 8 nitrogen and oxygen atoms in total. The van der Waals surface area contributed by atoms with Crippen molar-refractivity contribution >= 4 is 11.7 Å². The highest BCUT2D eigenvalue weighted by molar-refractivity contribution is 5.96. The fourth-order valence-corrected chi connectivity index (χ4v) is 3.21. The molecule has 8 heteroatoms. The Kier molecular flexibility index (Phi) is 6.41. The largest absolute Gasteiger partial charge is 0.477 e. The Hall–Kier alpha value is -2.74. The SMILES string of the molecule is CC(C)COc1ncccc1C(=O)N1CCC(N(C)Cc2nccc(N)n2)C1. The van der Waals surface area contributed by atoms with Crippen molar-refractivity contribution in [3.05, 3.63) is 42.0 Å². The molecule has 1 fully saturated rings. The zero-order valence-corrected chi connectivity index (χ0v) is 16.7. The molecule has 150 valence electrons. The second-order valence-electron chi connectivity index (χ2n) is 7.57. The Morgan fingerprint density at radius 1 is 1.36 bits per heavy atom. The number of likely N-dealkylation sites (N-methyl/N-ethyl adjacent to an activating group) is 1. The fourth-order valence-electron chi connectivity index (χ4n) is 3.21. The van der Waals surface area contributed by atoms with Gasteiger partial charge in [0.15, 0.2) is 0 Å². The van der Waals surface area contributed by atoms with Crippen molar-refractivity contribution in [3.8, 4) is 5.88 Å². The molecule has 3 heterocycles. The van der Waals surface area contributed by atoms with Crippen LogP contribution in [0, 0.1) is 5.92 Å². The van der Waals surface area contributed by atoms with Crippen LogP contribution in [-0.4, -0.2) is 63.4 Å². The summed E-state index contributed by atoms with van der Waals surface area (Å²) in [6.45, 7) is 6.60. The Bertz CT molecular complexity index is 813. The molecule has 3 rings (SSSR count). The van der Waals surface area contributed by atoms with Gasteiger partial charge >= 0.3 is 0 Å². The molecule has 1 saturated heterocycles. The number of aromatic nitrogens is 3. The summed E-state index contributed by atoms with van der Waals surface area (Å²) in [7, 11) is 2.02. The van der Waals surface area contributed by atoms with Gasteiger partial charge < -0.3 is 15.4 Å². The van der Waals surface area contributed by atoms with Gasteiger partial charge in [0.1, 0.15) is 17.2 Å². The van der Waals surface area contributed by atoms with Gasteiger partial charge in [-0.15, -0.1) is 0 Å². The normalized spacial score (nSPS) is 16.8. The number of pyridine rings is 1. The summed E-state index contributed by atoms with van der Waals surface area (Å²) in [6, 6.07) is 5.46. The van der Waals surface area contributed by atoms with Gasteiger partial charge in [-0.2, -0.15) is 0 Å². The Morgan fingerprint density at radius 2 is 2.18 bits per heavy atom. The molecular formula is C20H28N6O2. The lowest BCUT2D eigenvalue weighted by molar-refractivity contribution is 0.0773. The summed E-state index contributed by atoms with van der Waals surface area (Å²) in [5.41, 5.74) is 6.25. The van der Waals surface area contributed by atoms with Gasteiger partial charge in [0.05, 0.1) is 13.2 Å². The van der Waals surface area contributed by atoms with Crippen LogP contribution in [0.5, 0.6) is 5.88 Å². The van der Waals surface area contributed by atoms with Crippen LogP contribution in [0.25, 0.3) is 0 Å². The lowest BCUT2D eigenvalue weighted by Gasteiger charge is -2.24. The van der Waals surface area contributed by atoms with Crippen LogP contribution in [0.4, 0.5) is 5.82 Å². The Balaban J connectivity index is 1.62. The standard InChI is InChI=1S/C20H28N6O2/c1-14(2)13-28-19-16(5-4-8-23-19)20(27)26-10-7-15(11-26)25(3)12-18-22-9-6-17(21)24-18/h4-6,8-9,14-15H,7,10-13H2,1-3H3,(H2,21,22,24). The molecule has 1 aliphatic rings. The summed E-state index contributed by atoms with van der Waals surface area (Å²) >= 11 is 0. The van der Waals surface area contributed by atoms with Crippen molar-refractivity contribution in [2.24, 2.45) is 5.92 Å². The van der Waals surface area contributed by atoms with Crippen molar-refractivity contribution < 1.29 is 9.53 Å². The summed E-state index contributed by atoms with van der Waals surface area (Å²) in [5, 5.41) is 0. The molecule has 2 aromatic heterocycles. The van der Waals surface area contributed by atoms with E-state index in [1.165, 1.54) is 0 Å². The molecular weight excluding hydrogens is 356 g/mol. The first-order chi connectivity index (χ1) is 13.4. The highest BCUT2D eigenvalue weighted by Gasteiger charge is 2.31. The molecule has 0 aromatic carbocycles. The van der Waals surface area contributed by atoms with E-state index >= 15 is 0 Å². The molecule has 2 N–H and O–H groups in total. The number of hydrogen-bond donors (Lipinski definition) is 1. The molecule has 1 aliphatic heterocycles. The molecule has 1 unspecified atom stereocenters. The predicted octanol–water partition coefficient (Wildman–Crippen LogP) is 1.84. The van der Waals surface area contributed by atoms with Crippen LogP contribution in [0.3, 0.4) is 0 Å². The minimum absolute atomic E-state index is 0.0389. The van der Waals surface area contributed by atoms with Gasteiger partial charge in [-0.3, -0.25) is 9.69 Å². The first-order valence-corrected chi connectivity index (χ1v) is 9.58. The van der Waals surface area contributed by atoms with E-state index in [4.69, 9.17) is 10.5 Å². The highest BCUT2D eigenvalue weighted by atomic mass is 16.5. The van der Waals surface area contributed by atoms with Crippen LogP contribution in [0.1, 0.15) is 36.5 Å². The van der Waals surface area contributed by atoms with E-state index < -0.39 is 0 Å². The molecule has 0 spiro atoms. The average Bonchev–Trinajstić information content (AvgIpc) is 3.16. The monoisotopic (exact) mass is 384 g/mol. The number of nitrogen functional groups attached to an aromatic ring is 1. The first kappa shape index (κ1) is 20.0. The van der Waals surface area contributed by atoms with Crippen molar-refractivity contribution in [1.82, 2.24) is 24.8 Å². The van der Waals surface area contributed by atoms with Crippen LogP contribution in [0.2, 0.25) is 0 Å². The topological polar surface area (TPSA) is 97.5 Å². The van der Waals surface area contributed by atoms with E-state index in [9.17, 15) is 4.79 Å². The van der Waals surface area contributed by atoms with Gasteiger partial charge in [-0.1, -0.05) is 13.8 Å². The zero-order chi connectivity index (χ0) is 20.1. The van der Waals surface area contributed by atoms with E-state index in [0.29, 0.717) is 55.2 Å². The van der Waals surface area contributed by atoms with Crippen LogP contribution in [-0.2, 0) is 6.54 Å². The summed E-state index contributed by atoms with van der Waals surface area (Å²) < 4.78 is 5.75. The Morgan fingerprint density at radius 3 is 2.93 bits per heavy atom. The number of hydrogen-bond acceptors (Lipinski definition) is 7. The molecule has 0 saturated carbocycles. The predicted molar refractivity (Wildman–Crippen MR) is 107 cm³/mol. The van der Waals surface area contributed by atoms with Gasteiger partial charge in [-0.05, 0) is 37.6 Å². The second kappa shape index (κ2) is 8.97. The first-order valence-electron chi connectivity index (χ1n) is 9.58. The van der Waals surface area contributed by atoms with Gasteiger partial charge in [0.2, 0.25) is 5.88 Å². The number of nitrogens with zero attached hydrogens (tertiary/aromatic N) is 5. The molecule has 0 aliphatic carbocycles. The van der Waals surface area contributed by atoms with E-state index in [1.807, 2.05) is 11.9 Å². The summed E-state index contributed by atoms with van der Waals surface area (Å²) in [6.07, 6.45) is 4.21. The lowest BCUT2D eigenvalue weighted by Crippen LogP contribution is -2.36. The maximum Gasteiger partial charge on any atom is 0.259 e. The van der Waals surface area contributed by atoms with E-state index in [-0.39, 0.29) is 11.9 Å². The number of anilines is 1. The quantitative estimate of drug-likeness (QED) is 0.778. The molecule has 28 heavy (non-hydrogen) atoms. The van der Waals surface area contributed by atoms with Gasteiger partial charge in [0.25, 0.3) is 5.91 Å². The Labute approximate surface area is 165 Å². The summed E-state index contributed by atoms with van der Waals surface area (Å²) in [4.78, 5) is 29.8. The second-order valence-corrected chi connectivity index (χ2v) is 7.57. The van der Waals surface area contributed by atoms with Gasteiger partial charge in [0, 0.05) is 31.5 Å². The molecule has 1 amide bonds. The van der Waals surface area contributed by atoms with E-state index in [1.54, 1.807) is 30.6 Å². The molecule has 2 aromatic rings. The molecule has 1 atom stereocenters. The lowest BCUT2D eigenvalue weighted by atomic mass is 10.2. The number of carbonyl (C=O) groups is 1. The molecule has 0 bridgehead atoms. The minimum Gasteiger partial charge on any atom is -0.477 e. The van der Waals surface area contributed by atoms with Crippen molar-refractivity contribution in [2.45, 2.75) is 32.9 Å². The van der Waals surface area contributed by atoms with Crippen molar-refractivity contribution in [2.75, 3.05) is 32.5 Å². The van der Waals surface area contributed by atoms with Crippen molar-refractivity contribution in [3.63, 3.8) is 0 Å². The minimum atomic E-state index is -0.0389. The van der Waals surface area contributed by atoms with Crippen LogP contribution in [0.15, 0.2) is 30.6 Å². The highest BCUT2D eigenvalue weighted by Crippen LogP contribution is 2.22. The third-order valence-electron chi connectivity index (χ3n) is 4.75. The third-order valence-corrected chi connectivity index (χ3v) is 4.75. The van der Waals surface area contributed by atoms with Gasteiger partial charge in [-0.25, -0.2) is 15.0 Å². The van der Waals surface area contributed by atoms with Crippen LogP contribution >= 0.6 is 0 Å². The third kappa shape index (κ3) is 4.95. The van der Waals surface area contributed by atoms with E-state index in [2.05, 4.69) is 33.7 Å². The smallest absolute Gasteiger partial charge is 0.259 e. The number of nitrogens with two attached hydrogens (primary N) is 1. The summed E-state index contributed by atoms with van der Waals surface area (Å²) in [5.74, 6) is 1.88. The van der Waals surface area contributed by atoms with Crippen molar-refractivity contribution in [1.29, 1.82) is 0 Å². The maximum atomic E-state index is 13.0. The fraction of sp³-hybridized carbons (Fsp3) is 0.500. The maximum absolute atomic E-state index is 13.0. The zero-order valence-electron chi connectivity index (χ0n) is 16.7. The number of likely N-dealkylation sites (tertiary alicyclic amines) is 1. The number of ether oxygens (including phenoxy) is 1. The van der Waals surface area contributed by atoms with E-state index in [0.717, 1.165) is 6.42 Å². The number of carbonyl (C=O) groups excluding carboxylic acids is 1. The number of amides is 1.